The smallest absolute Gasteiger partial charge is 0.268 e. The molecule has 0 fully saturated rings. The summed E-state index contributed by atoms with van der Waals surface area (Å²) in [6.45, 7) is 2.17. The van der Waals surface area contributed by atoms with Gasteiger partial charge >= 0.3 is 0 Å². The molecule has 0 saturated carbocycles. The fraction of sp³-hybridized carbons (Fsp3) is 0.263. The highest BCUT2D eigenvalue weighted by atomic mass is 16.5. The van der Waals surface area contributed by atoms with Crippen LogP contribution in [0, 0.1) is 0 Å². The Bertz CT molecular complexity index is 773. The maximum atomic E-state index is 12.6. The zero-order valence-corrected chi connectivity index (χ0v) is 13.9. The number of hydrogen-bond donors (Lipinski definition) is 2. The molecule has 0 spiro atoms. The summed E-state index contributed by atoms with van der Waals surface area (Å²) in [6.07, 6.45) is 0.218. The lowest BCUT2D eigenvalue weighted by Gasteiger charge is -2.33. The number of phenols is 1. The van der Waals surface area contributed by atoms with Crippen molar-refractivity contribution >= 4 is 23.2 Å². The third-order valence-corrected chi connectivity index (χ3v) is 4.05. The van der Waals surface area contributed by atoms with Crippen molar-refractivity contribution in [3.8, 4) is 11.5 Å². The van der Waals surface area contributed by atoms with Gasteiger partial charge in [-0.25, -0.2) is 0 Å². The monoisotopic (exact) mass is 340 g/mol. The Morgan fingerprint density at radius 3 is 2.64 bits per heavy atom. The van der Waals surface area contributed by atoms with E-state index in [4.69, 9.17) is 4.74 Å². The molecule has 6 heteroatoms. The highest BCUT2D eigenvalue weighted by molar-refractivity contribution is 6.01. The van der Waals surface area contributed by atoms with Gasteiger partial charge in [-0.1, -0.05) is 19.1 Å². The van der Waals surface area contributed by atoms with Gasteiger partial charge in [-0.05, 0) is 42.8 Å². The van der Waals surface area contributed by atoms with Crippen molar-refractivity contribution in [2.75, 3.05) is 16.8 Å². The normalized spacial score (nSPS) is 16.1. The van der Waals surface area contributed by atoms with Gasteiger partial charge in [0.1, 0.15) is 11.5 Å². The van der Waals surface area contributed by atoms with Gasteiger partial charge in [0.2, 0.25) is 5.91 Å². The first-order valence-electron chi connectivity index (χ1n) is 8.24. The molecule has 1 unspecified atom stereocenters. The fourth-order valence-electron chi connectivity index (χ4n) is 2.75. The average molecular weight is 340 g/mol. The standard InChI is InChI=1S/C19H20N2O4/c1-2-16-19(24)21(15-5-3-4-6-17(15)25-16)12-11-18(23)20-13-7-9-14(22)10-8-13/h3-10,16,22H,2,11-12H2,1H3,(H,20,23). The number of hydrogen-bond acceptors (Lipinski definition) is 4. The zero-order valence-electron chi connectivity index (χ0n) is 13.9. The Balaban J connectivity index is 1.67. The van der Waals surface area contributed by atoms with Gasteiger partial charge in [0.15, 0.2) is 6.10 Å². The number of fused-ring (bicyclic) bond motifs is 1. The number of carbonyl (C=O) groups excluding carboxylic acids is 2. The number of amides is 2. The number of nitrogens with one attached hydrogen (secondary N) is 1. The molecule has 2 aromatic carbocycles. The molecule has 1 atom stereocenters. The molecule has 3 rings (SSSR count). The molecule has 0 saturated heterocycles. The predicted molar refractivity (Wildman–Crippen MR) is 94.9 cm³/mol. The Morgan fingerprint density at radius 2 is 1.92 bits per heavy atom. The molecule has 6 nitrogen and oxygen atoms in total. The molecular formula is C19H20N2O4. The number of ether oxygens (including phenoxy) is 1. The van der Waals surface area contributed by atoms with Crippen molar-refractivity contribution in [3.05, 3.63) is 48.5 Å². The number of anilines is 2. The van der Waals surface area contributed by atoms with Gasteiger partial charge < -0.3 is 20.1 Å². The summed E-state index contributed by atoms with van der Waals surface area (Å²) in [7, 11) is 0. The Morgan fingerprint density at radius 1 is 1.20 bits per heavy atom. The van der Waals surface area contributed by atoms with E-state index in [0.717, 1.165) is 0 Å². The van der Waals surface area contributed by atoms with Crippen LogP contribution >= 0.6 is 0 Å². The zero-order chi connectivity index (χ0) is 17.8. The molecule has 0 bridgehead atoms. The first-order valence-corrected chi connectivity index (χ1v) is 8.24. The lowest BCUT2D eigenvalue weighted by Crippen LogP contribution is -2.46. The molecule has 0 aromatic heterocycles. The van der Waals surface area contributed by atoms with Gasteiger partial charge in [0.05, 0.1) is 5.69 Å². The molecule has 130 valence electrons. The Kier molecular flexibility index (Phi) is 4.88. The number of benzene rings is 2. The van der Waals surface area contributed by atoms with E-state index in [1.807, 2.05) is 31.2 Å². The number of aromatic hydroxyl groups is 1. The van der Waals surface area contributed by atoms with Gasteiger partial charge in [-0.2, -0.15) is 0 Å². The lowest BCUT2D eigenvalue weighted by molar-refractivity contribution is -0.126. The van der Waals surface area contributed by atoms with Crippen LogP contribution in [0.5, 0.6) is 11.5 Å². The largest absolute Gasteiger partial charge is 0.508 e. The molecule has 1 aliphatic rings. The predicted octanol–water partition coefficient (Wildman–Crippen LogP) is 2.93. The Labute approximate surface area is 146 Å². The van der Waals surface area contributed by atoms with Crippen LogP contribution in [0.1, 0.15) is 19.8 Å². The molecule has 0 aliphatic carbocycles. The third-order valence-electron chi connectivity index (χ3n) is 4.05. The topological polar surface area (TPSA) is 78.9 Å². The van der Waals surface area contributed by atoms with Crippen LogP contribution < -0.4 is 15.0 Å². The van der Waals surface area contributed by atoms with E-state index < -0.39 is 6.10 Å². The summed E-state index contributed by atoms with van der Waals surface area (Å²) in [5.41, 5.74) is 1.29. The molecule has 2 aromatic rings. The van der Waals surface area contributed by atoms with Crippen LogP contribution in [0.15, 0.2) is 48.5 Å². The SMILES string of the molecule is CCC1Oc2ccccc2N(CCC(=O)Nc2ccc(O)cc2)C1=O. The van der Waals surface area contributed by atoms with Crippen molar-refractivity contribution in [2.24, 2.45) is 0 Å². The van der Waals surface area contributed by atoms with Crippen LogP contribution in [-0.2, 0) is 9.59 Å². The molecule has 2 amide bonds. The van der Waals surface area contributed by atoms with Crippen LogP contribution in [0.3, 0.4) is 0 Å². The van der Waals surface area contributed by atoms with E-state index in [0.29, 0.717) is 23.5 Å². The second kappa shape index (κ2) is 7.25. The first-order chi connectivity index (χ1) is 12.1. The summed E-state index contributed by atoms with van der Waals surface area (Å²) < 4.78 is 5.72. The van der Waals surface area contributed by atoms with Crippen molar-refractivity contribution in [2.45, 2.75) is 25.9 Å². The lowest BCUT2D eigenvalue weighted by atomic mass is 10.1. The summed E-state index contributed by atoms with van der Waals surface area (Å²) in [6, 6.07) is 13.6. The Hall–Kier alpha value is -3.02. The van der Waals surface area contributed by atoms with Crippen LogP contribution in [0.4, 0.5) is 11.4 Å². The number of nitrogens with zero attached hydrogens (tertiary/aromatic N) is 1. The quantitative estimate of drug-likeness (QED) is 0.820. The van der Waals surface area contributed by atoms with Gasteiger partial charge in [-0.15, -0.1) is 0 Å². The van der Waals surface area contributed by atoms with Crippen LogP contribution in [0.2, 0.25) is 0 Å². The first kappa shape index (κ1) is 16.8. The van der Waals surface area contributed by atoms with E-state index in [-0.39, 0.29) is 30.5 Å². The second-order valence-electron chi connectivity index (χ2n) is 5.82. The van der Waals surface area contributed by atoms with Crippen LogP contribution in [-0.4, -0.2) is 29.6 Å². The van der Waals surface area contributed by atoms with Gasteiger partial charge in [-0.3, -0.25) is 9.59 Å². The maximum Gasteiger partial charge on any atom is 0.268 e. The minimum absolute atomic E-state index is 0.126. The molecule has 25 heavy (non-hydrogen) atoms. The number of rotatable bonds is 5. The van der Waals surface area contributed by atoms with Crippen LogP contribution in [0.25, 0.3) is 0 Å². The van der Waals surface area contributed by atoms with Crippen molar-refractivity contribution in [1.82, 2.24) is 0 Å². The van der Waals surface area contributed by atoms with Crippen molar-refractivity contribution < 1.29 is 19.4 Å². The molecule has 1 heterocycles. The molecule has 0 radical (unpaired) electrons. The van der Waals surface area contributed by atoms with E-state index in [9.17, 15) is 14.7 Å². The third kappa shape index (κ3) is 3.74. The molecule has 2 N–H and O–H groups in total. The van der Waals surface area contributed by atoms with E-state index >= 15 is 0 Å². The fourth-order valence-corrected chi connectivity index (χ4v) is 2.75. The van der Waals surface area contributed by atoms with Gasteiger partial charge in [0, 0.05) is 18.7 Å². The summed E-state index contributed by atoms with van der Waals surface area (Å²) in [5.74, 6) is 0.473. The molecule has 1 aliphatic heterocycles. The van der Waals surface area contributed by atoms with E-state index in [1.165, 1.54) is 12.1 Å². The number of para-hydroxylation sites is 2. The minimum Gasteiger partial charge on any atom is -0.508 e. The average Bonchev–Trinajstić information content (AvgIpc) is 2.62. The summed E-state index contributed by atoms with van der Waals surface area (Å²) in [5, 5.41) is 12.0. The van der Waals surface area contributed by atoms with E-state index in [2.05, 4.69) is 5.32 Å². The molecular weight excluding hydrogens is 320 g/mol. The minimum atomic E-state index is -0.518. The summed E-state index contributed by atoms with van der Waals surface area (Å²) in [4.78, 5) is 26.4. The van der Waals surface area contributed by atoms with Crippen molar-refractivity contribution in [1.29, 1.82) is 0 Å². The second-order valence-corrected chi connectivity index (χ2v) is 5.82. The highest BCUT2D eigenvalue weighted by Gasteiger charge is 2.33. The van der Waals surface area contributed by atoms with E-state index in [1.54, 1.807) is 17.0 Å². The van der Waals surface area contributed by atoms with Crippen molar-refractivity contribution in [3.63, 3.8) is 0 Å². The highest BCUT2D eigenvalue weighted by Crippen LogP contribution is 2.34. The number of carbonyl (C=O) groups is 2. The van der Waals surface area contributed by atoms with Gasteiger partial charge in [0.25, 0.3) is 5.91 Å². The summed E-state index contributed by atoms with van der Waals surface area (Å²) >= 11 is 0. The maximum absolute atomic E-state index is 12.6. The number of phenolic OH excluding ortho intramolecular Hbond substituents is 1.